The quantitative estimate of drug-likeness (QED) is 0.323. The lowest BCUT2D eigenvalue weighted by atomic mass is 9.93. The molecule has 5 N–H and O–H groups in total. The molecule has 1 aliphatic rings. The van der Waals surface area contributed by atoms with Crippen LogP contribution >= 0.6 is 0 Å². The summed E-state index contributed by atoms with van der Waals surface area (Å²) < 4.78 is 18.9. The highest BCUT2D eigenvalue weighted by Gasteiger charge is 2.25. The zero-order chi connectivity index (χ0) is 27.1. The van der Waals surface area contributed by atoms with E-state index >= 15 is 4.39 Å². The Kier molecular flexibility index (Phi) is 6.16. The van der Waals surface area contributed by atoms with Crippen LogP contribution in [0.5, 0.6) is 0 Å². The van der Waals surface area contributed by atoms with Crippen molar-refractivity contribution in [2.45, 2.75) is 18.8 Å². The average molecular weight is 524 g/mol. The number of hydrogen-bond acceptors (Lipinski definition) is 6. The molecule has 6 rings (SSSR count). The summed E-state index contributed by atoms with van der Waals surface area (Å²) in [5, 5.41) is 7.79. The zero-order valence-electron chi connectivity index (χ0n) is 21.0. The Morgan fingerprint density at radius 3 is 2.49 bits per heavy atom. The smallest absolute Gasteiger partial charge is 0.268 e. The van der Waals surface area contributed by atoms with Crippen LogP contribution in [0.15, 0.2) is 78.0 Å². The largest absolute Gasteiger partial charge is 0.382 e. The standard InChI is InChI=1S/C29H26FN7O2/c30-23-14-18(20-10-13-36(19-4-2-1-3-5-19)29(39)25(20)28(32)38)6-7-21(23)22-15-24(17-8-11-33-12-9-17)37-26(22)27(31)34-16-35-37/h1-7,10,13-17,33H,8-9,11-12H2,(H2,32,38)(H2,31,34,35). The summed E-state index contributed by atoms with van der Waals surface area (Å²) in [6.45, 7) is 1.78. The Labute approximate surface area is 222 Å². The third kappa shape index (κ3) is 4.24. The van der Waals surface area contributed by atoms with E-state index in [9.17, 15) is 9.59 Å². The number of aromatic nitrogens is 4. The van der Waals surface area contributed by atoms with E-state index in [1.165, 1.54) is 17.0 Å². The van der Waals surface area contributed by atoms with Gasteiger partial charge in [-0.2, -0.15) is 5.10 Å². The molecular weight excluding hydrogens is 497 g/mol. The van der Waals surface area contributed by atoms with Crippen LogP contribution in [0, 0.1) is 5.82 Å². The van der Waals surface area contributed by atoms with Crippen LogP contribution in [-0.2, 0) is 0 Å². The number of nitrogens with zero attached hydrogens (tertiary/aromatic N) is 4. The topological polar surface area (TPSA) is 133 Å². The molecule has 39 heavy (non-hydrogen) atoms. The van der Waals surface area contributed by atoms with Gasteiger partial charge in [0.25, 0.3) is 11.5 Å². The normalized spacial score (nSPS) is 14.1. The van der Waals surface area contributed by atoms with E-state index in [1.807, 2.05) is 12.1 Å². The van der Waals surface area contributed by atoms with E-state index in [0.29, 0.717) is 27.9 Å². The van der Waals surface area contributed by atoms with Gasteiger partial charge in [-0.25, -0.2) is 13.9 Å². The fourth-order valence-electron chi connectivity index (χ4n) is 5.41. The molecule has 3 aromatic heterocycles. The number of fused-ring (bicyclic) bond motifs is 1. The van der Waals surface area contributed by atoms with Crippen molar-refractivity contribution in [2.24, 2.45) is 5.73 Å². The second kappa shape index (κ2) is 9.80. The first-order chi connectivity index (χ1) is 18.9. The molecule has 1 saturated heterocycles. The van der Waals surface area contributed by atoms with Gasteiger partial charge in [0.05, 0.1) is 0 Å². The minimum Gasteiger partial charge on any atom is -0.382 e. The van der Waals surface area contributed by atoms with E-state index in [1.54, 1.807) is 53.2 Å². The molecule has 0 saturated carbocycles. The Balaban J connectivity index is 1.47. The maximum Gasteiger partial charge on any atom is 0.268 e. The van der Waals surface area contributed by atoms with Crippen molar-refractivity contribution in [2.75, 3.05) is 18.8 Å². The third-order valence-corrected chi connectivity index (χ3v) is 7.31. The number of nitrogens with two attached hydrogens (primary N) is 2. The lowest BCUT2D eigenvalue weighted by Gasteiger charge is -2.22. The number of nitrogen functional groups attached to an aromatic ring is 1. The molecule has 9 nitrogen and oxygen atoms in total. The van der Waals surface area contributed by atoms with Crippen molar-refractivity contribution in [3.05, 3.63) is 101 Å². The number of piperidine rings is 1. The lowest BCUT2D eigenvalue weighted by molar-refractivity contribution is 0.0999. The number of rotatable bonds is 5. The highest BCUT2D eigenvalue weighted by molar-refractivity contribution is 6.00. The molecule has 1 aliphatic heterocycles. The van der Waals surface area contributed by atoms with Gasteiger partial charge in [0, 0.05) is 40.2 Å². The summed E-state index contributed by atoms with van der Waals surface area (Å²) in [6, 6.07) is 17.0. The molecule has 4 heterocycles. The molecule has 0 spiro atoms. The maximum absolute atomic E-state index is 15.8. The summed E-state index contributed by atoms with van der Waals surface area (Å²) in [7, 11) is 0. The number of hydrogen-bond donors (Lipinski definition) is 3. The molecule has 1 amide bonds. The number of carbonyl (C=O) groups is 1. The van der Waals surface area contributed by atoms with Crippen LogP contribution in [0.2, 0.25) is 0 Å². The molecule has 0 unspecified atom stereocenters. The van der Waals surface area contributed by atoms with Gasteiger partial charge >= 0.3 is 0 Å². The number of halogens is 1. The SMILES string of the molecule is NC(=O)c1c(-c2ccc(-c3cc(C4CCNCC4)n4ncnc(N)c34)c(F)c2)ccn(-c2ccccc2)c1=O. The molecule has 0 atom stereocenters. The Morgan fingerprint density at radius 1 is 1.00 bits per heavy atom. The van der Waals surface area contributed by atoms with Crippen LogP contribution in [0.25, 0.3) is 33.5 Å². The van der Waals surface area contributed by atoms with Crippen LogP contribution in [0.1, 0.15) is 34.8 Å². The number of pyridine rings is 1. The summed E-state index contributed by atoms with van der Waals surface area (Å²) in [5.74, 6) is -0.926. The molecule has 0 aliphatic carbocycles. The highest BCUT2D eigenvalue weighted by Crippen LogP contribution is 2.38. The monoisotopic (exact) mass is 523 g/mol. The third-order valence-electron chi connectivity index (χ3n) is 7.31. The van der Waals surface area contributed by atoms with Crippen LogP contribution in [-0.4, -0.2) is 38.2 Å². The Morgan fingerprint density at radius 2 is 1.77 bits per heavy atom. The van der Waals surface area contributed by atoms with E-state index in [4.69, 9.17) is 11.5 Å². The minimum atomic E-state index is -0.889. The first kappa shape index (κ1) is 24.5. The van der Waals surface area contributed by atoms with Crippen LogP contribution in [0.3, 0.4) is 0 Å². The molecule has 5 aromatic rings. The molecule has 2 aromatic carbocycles. The highest BCUT2D eigenvalue weighted by atomic mass is 19.1. The number of amides is 1. The number of carbonyl (C=O) groups excluding carboxylic acids is 1. The van der Waals surface area contributed by atoms with Gasteiger partial charge in [0.15, 0.2) is 5.82 Å². The van der Waals surface area contributed by atoms with Crippen LogP contribution in [0.4, 0.5) is 10.2 Å². The predicted octanol–water partition coefficient (Wildman–Crippen LogP) is 3.50. The van der Waals surface area contributed by atoms with Crippen LogP contribution < -0.4 is 22.3 Å². The van der Waals surface area contributed by atoms with Crippen molar-refractivity contribution in [1.29, 1.82) is 0 Å². The fourth-order valence-corrected chi connectivity index (χ4v) is 5.41. The zero-order valence-corrected chi connectivity index (χ0v) is 21.0. The fraction of sp³-hybridized carbons (Fsp3) is 0.172. The van der Waals surface area contributed by atoms with Gasteiger partial charge in [-0.05, 0) is 61.8 Å². The van der Waals surface area contributed by atoms with E-state index < -0.39 is 17.3 Å². The summed E-state index contributed by atoms with van der Waals surface area (Å²) >= 11 is 0. The van der Waals surface area contributed by atoms with Crippen molar-refractivity contribution >= 4 is 17.2 Å². The first-order valence-corrected chi connectivity index (χ1v) is 12.7. The number of benzene rings is 2. The van der Waals surface area contributed by atoms with E-state index in [2.05, 4.69) is 15.4 Å². The average Bonchev–Trinajstić information content (AvgIpc) is 3.34. The number of primary amides is 1. The lowest BCUT2D eigenvalue weighted by Crippen LogP contribution is -2.29. The Bertz CT molecular complexity index is 1770. The van der Waals surface area contributed by atoms with Gasteiger partial charge < -0.3 is 16.8 Å². The number of anilines is 1. The molecule has 0 radical (unpaired) electrons. The number of nitrogens with one attached hydrogen (secondary N) is 1. The molecular formula is C29H26FN7O2. The summed E-state index contributed by atoms with van der Waals surface area (Å²) in [4.78, 5) is 29.8. The molecule has 0 bridgehead atoms. The maximum atomic E-state index is 15.8. The summed E-state index contributed by atoms with van der Waals surface area (Å²) in [5.41, 5.74) is 14.7. The van der Waals surface area contributed by atoms with Gasteiger partial charge in [-0.15, -0.1) is 0 Å². The minimum absolute atomic E-state index is 0.214. The van der Waals surface area contributed by atoms with Crippen molar-refractivity contribution in [3.63, 3.8) is 0 Å². The first-order valence-electron chi connectivity index (χ1n) is 12.7. The van der Waals surface area contributed by atoms with Gasteiger partial charge in [0.1, 0.15) is 23.2 Å². The second-order valence-corrected chi connectivity index (χ2v) is 9.59. The van der Waals surface area contributed by atoms with E-state index in [0.717, 1.165) is 31.6 Å². The molecule has 1 fully saturated rings. The van der Waals surface area contributed by atoms with Crippen molar-refractivity contribution in [1.82, 2.24) is 24.5 Å². The summed E-state index contributed by atoms with van der Waals surface area (Å²) in [6.07, 6.45) is 4.82. The molecule has 10 heteroatoms. The van der Waals surface area contributed by atoms with Gasteiger partial charge in [-0.3, -0.25) is 14.2 Å². The van der Waals surface area contributed by atoms with Gasteiger partial charge in [-0.1, -0.05) is 30.3 Å². The van der Waals surface area contributed by atoms with Gasteiger partial charge in [0.2, 0.25) is 0 Å². The second-order valence-electron chi connectivity index (χ2n) is 9.59. The Hall–Kier alpha value is -4.83. The number of para-hydroxylation sites is 1. The van der Waals surface area contributed by atoms with E-state index in [-0.39, 0.29) is 22.9 Å². The van der Waals surface area contributed by atoms with Crippen molar-refractivity contribution < 1.29 is 9.18 Å². The molecule has 196 valence electrons. The predicted molar refractivity (Wildman–Crippen MR) is 147 cm³/mol. The van der Waals surface area contributed by atoms with Crippen molar-refractivity contribution in [3.8, 4) is 27.9 Å².